The van der Waals surface area contributed by atoms with Gasteiger partial charge in [0.25, 0.3) is 0 Å². The van der Waals surface area contributed by atoms with E-state index in [1.807, 2.05) is 39.0 Å². The molecule has 19 heavy (non-hydrogen) atoms. The molecule has 0 saturated heterocycles. The van der Waals surface area contributed by atoms with E-state index in [4.69, 9.17) is 10.5 Å². The average Bonchev–Trinajstić information content (AvgIpc) is 2.35. The van der Waals surface area contributed by atoms with Crippen LogP contribution in [0.3, 0.4) is 0 Å². The molecule has 0 heterocycles. The van der Waals surface area contributed by atoms with Gasteiger partial charge in [-0.05, 0) is 38.9 Å². The quantitative estimate of drug-likeness (QED) is 0.825. The summed E-state index contributed by atoms with van der Waals surface area (Å²) in [6, 6.07) is 6.10. The molecule has 1 amide bonds. The first kappa shape index (κ1) is 15.5. The fraction of sp³-hybridized carbons (Fsp3) is 0.533. The summed E-state index contributed by atoms with van der Waals surface area (Å²) in [5.41, 5.74) is 7.96. The Kier molecular flexibility index (Phi) is 5.83. The number of ether oxygens (including phenoxy) is 1. The van der Waals surface area contributed by atoms with Crippen LogP contribution in [-0.4, -0.2) is 25.6 Å². The highest BCUT2D eigenvalue weighted by atomic mass is 16.5. The smallest absolute Gasteiger partial charge is 0.220 e. The van der Waals surface area contributed by atoms with Crippen LogP contribution in [0, 0.1) is 6.92 Å². The molecule has 0 aromatic heterocycles. The molecule has 0 saturated carbocycles. The molecule has 106 valence electrons. The van der Waals surface area contributed by atoms with Gasteiger partial charge in [-0.15, -0.1) is 0 Å². The van der Waals surface area contributed by atoms with Crippen molar-refractivity contribution in [2.75, 3.05) is 13.7 Å². The third-order valence-electron chi connectivity index (χ3n) is 2.99. The number of carbonyl (C=O) groups excluding carboxylic acids is 1. The fourth-order valence-electron chi connectivity index (χ4n) is 2.10. The molecule has 1 rings (SSSR count). The monoisotopic (exact) mass is 264 g/mol. The van der Waals surface area contributed by atoms with E-state index in [2.05, 4.69) is 5.32 Å². The van der Waals surface area contributed by atoms with Crippen LogP contribution in [0.2, 0.25) is 0 Å². The summed E-state index contributed by atoms with van der Waals surface area (Å²) in [6.07, 6.45) is 0.383. The van der Waals surface area contributed by atoms with Gasteiger partial charge >= 0.3 is 0 Å². The van der Waals surface area contributed by atoms with Gasteiger partial charge in [-0.3, -0.25) is 4.79 Å². The van der Waals surface area contributed by atoms with Gasteiger partial charge < -0.3 is 15.8 Å². The third-order valence-corrected chi connectivity index (χ3v) is 2.99. The van der Waals surface area contributed by atoms with E-state index in [9.17, 15) is 4.79 Å². The van der Waals surface area contributed by atoms with Gasteiger partial charge in [0, 0.05) is 18.4 Å². The van der Waals surface area contributed by atoms with Crippen molar-refractivity contribution in [1.29, 1.82) is 0 Å². The number of nitrogens with two attached hydrogens (primary N) is 1. The molecule has 1 atom stereocenters. The SMILES string of the molecule is COc1ccc(C)cc1C(CN)CC(=O)NC(C)C. The number of nitrogens with one attached hydrogen (secondary N) is 1. The van der Waals surface area contributed by atoms with Crippen LogP contribution in [0.4, 0.5) is 0 Å². The zero-order valence-corrected chi connectivity index (χ0v) is 12.2. The maximum absolute atomic E-state index is 11.9. The summed E-state index contributed by atoms with van der Waals surface area (Å²) >= 11 is 0. The molecule has 0 aliphatic rings. The molecule has 1 aromatic rings. The van der Waals surface area contributed by atoms with Crippen molar-refractivity contribution in [1.82, 2.24) is 5.32 Å². The second-order valence-electron chi connectivity index (χ2n) is 5.10. The Morgan fingerprint density at radius 2 is 2.11 bits per heavy atom. The van der Waals surface area contributed by atoms with E-state index in [0.717, 1.165) is 16.9 Å². The first-order valence-corrected chi connectivity index (χ1v) is 6.61. The molecule has 0 aliphatic heterocycles. The van der Waals surface area contributed by atoms with E-state index in [1.54, 1.807) is 7.11 Å². The minimum absolute atomic E-state index is 0.0198. The van der Waals surface area contributed by atoms with E-state index < -0.39 is 0 Å². The molecule has 0 fully saturated rings. The Labute approximate surface area is 115 Å². The zero-order valence-electron chi connectivity index (χ0n) is 12.2. The van der Waals surface area contributed by atoms with E-state index >= 15 is 0 Å². The van der Waals surface area contributed by atoms with Crippen LogP contribution in [0.15, 0.2) is 18.2 Å². The number of carbonyl (C=O) groups is 1. The number of aryl methyl sites for hydroxylation is 1. The molecule has 0 bridgehead atoms. The second-order valence-corrected chi connectivity index (χ2v) is 5.10. The number of hydrogen-bond acceptors (Lipinski definition) is 3. The maximum Gasteiger partial charge on any atom is 0.220 e. The highest BCUT2D eigenvalue weighted by Crippen LogP contribution is 2.29. The highest BCUT2D eigenvalue weighted by molar-refractivity contribution is 5.77. The van der Waals surface area contributed by atoms with Gasteiger partial charge in [0.15, 0.2) is 0 Å². The summed E-state index contributed by atoms with van der Waals surface area (Å²) < 4.78 is 5.36. The first-order chi connectivity index (χ1) is 8.97. The minimum Gasteiger partial charge on any atom is -0.496 e. The maximum atomic E-state index is 11.9. The van der Waals surface area contributed by atoms with Crippen molar-refractivity contribution in [3.05, 3.63) is 29.3 Å². The molecule has 4 nitrogen and oxygen atoms in total. The van der Waals surface area contributed by atoms with Crippen LogP contribution in [-0.2, 0) is 4.79 Å². The molecule has 4 heteroatoms. The summed E-state index contributed by atoms with van der Waals surface area (Å²) in [6.45, 7) is 6.33. The zero-order chi connectivity index (χ0) is 14.4. The van der Waals surface area contributed by atoms with Crippen molar-refractivity contribution in [3.63, 3.8) is 0 Å². The Balaban J connectivity index is 2.90. The van der Waals surface area contributed by atoms with Crippen molar-refractivity contribution in [3.8, 4) is 5.75 Å². The summed E-state index contributed by atoms with van der Waals surface area (Å²) in [4.78, 5) is 11.9. The Morgan fingerprint density at radius 1 is 1.42 bits per heavy atom. The van der Waals surface area contributed by atoms with Gasteiger partial charge in [0.1, 0.15) is 5.75 Å². The number of amides is 1. The topological polar surface area (TPSA) is 64.3 Å². The molecule has 0 aliphatic carbocycles. The fourth-order valence-corrected chi connectivity index (χ4v) is 2.10. The van der Waals surface area contributed by atoms with Crippen molar-refractivity contribution in [2.45, 2.75) is 39.2 Å². The summed E-state index contributed by atoms with van der Waals surface area (Å²) in [5, 5.41) is 2.89. The number of hydrogen-bond donors (Lipinski definition) is 2. The van der Waals surface area contributed by atoms with Crippen LogP contribution < -0.4 is 15.8 Å². The van der Waals surface area contributed by atoms with E-state index in [-0.39, 0.29) is 17.9 Å². The van der Waals surface area contributed by atoms with Crippen molar-refractivity contribution >= 4 is 5.91 Å². The van der Waals surface area contributed by atoms with Crippen LogP contribution in [0.1, 0.15) is 37.3 Å². The first-order valence-electron chi connectivity index (χ1n) is 6.61. The molecule has 0 spiro atoms. The van der Waals surface area contributed by atoms with Crippen LogP contribution >= 0.6 is 0 Å². The predicted molar refractivity (Wildman–Crippen MR) is 77.4 cm³/mol. The van der Waals surface area contributed by atoms with Crippen LogP contribution in [0.5, 0.6) is 5.75 Å². The number of methoxy groups -OCH3 is 1. The Morgan fingerprint density at radius 3 is 2.63 bits per heavy atom. The van der Waals surface area contributed by atoms with Gasteiger partial charge in [-0.2, -0.15) is 0 Å². The lowest BCUT2D eigenvalue weighted by molar-refractivity contribution is -0.121. The normalized spacial score (nSPS) is 12.3. The van der Waals surface area contributed by atoms with Gasteiger partial charge in [-0.1, -0.05) is 17.7 Å². The third kappa shape index (κ3) is 4.56. The standard InChI is InChI=1S/C15H24N2O2/c1-10(2)17-15(18)8-12(9-16)13-7-11(3)5-6-14(13)19-4/h5-7,10,12H,8-9,16H2,1-4H3,(H,17,18). The van der Waals surface area contributed by atoms with Crippen molar-refractivity contribution in [2.24, 2.45) is 5.73 Å². The lowest BCUT2D eigenvalue weighted by atomic mass is 9.93. The molecule has 3 N–H and O–H groups in total. The Bertz CT molecular complexity index is 430. The molecular weight excluding hydrogens is 240 g/mol. The lowest BCUT2D eigenvalue weighted by Gasteiger charge is -2.19. The largest absolute Gasteiger partial charge is 0.496 e. The van der Waals surface area contributed by atoms with Crippen LogP contribution in [0.25, 0.3) is 0 Å². The average molecular weight is 264 g/mol. The lowest BCUT2D eigenvalue weighted by Crippen LogP contribution is -2.32. The van der Waals surface area contributed by atoms with Crippen molar-refractivity contribution < 1.29 is 9.53 Å². The number of rotatable bonds is 6. The second kappa shape index (κ2) is 7.14. The Hall–Kier alpha value is -1.55. The minimum atomic E-state index is -0.0198. The van der Waals surface area contributed by atoms with E-state index in [1.165, 1.54) is 0 Å². The highest BCUT2D eigenvalue weighted by Gasteiger charge is 2.19. The molecule has 1 aromatic carbocycles. The van der Waals surface area contributed by atoms with Gasteiger partial charge in [0.05, 0.1) is 7.11 Å². The molecule has 0 radical (unpaired) electrons. The predicted octanol–water partition coefficient (Wildman–Crippen LogP) is 1.96. The van der Waals surface area contributed by atoms with Gasteiger partial charge in [0.2, 0.25) is 5.91 Å². The van der Waals surface area contributed by atoms with E-state index in [0.29, 0.717) is 13.0 Å². The van der Waals surface area contributed by atoms with Gasteiger partial charge in [-0.25, -0.2) is 0 Å². The molecular formula is C15H24N2O2. The summed E-state index contributed by atoms with van der Waals surface area (Å²) in [7, 11) is 1.63. The summed E-state index contributed by atoms with van der Waals surface area (Å²) in [5.74, 6) is 0.793. The number of benzene rings is 1. The molecule has 1 unspecified atom stereocenters.